The minimum atomic E-state index is -4.22. The Hall–Kier alpha value is -1.72. The first-order chi connectivity index (χ1) is 9.95. The number of hydrogen-bond donors (Lipinski definition) is 1. The average Bonchev–Trinajstić information content (AvgIpc) is 2.93. The van der Waals surface area contributed by atoms with E-state index in [0.29, 0.717) is 18.5 Å². The highest BCUT2D eigenvalue weighted by atomic mass is 19.4. The molecular weight excluding hydrogens is 281 g/mol. The van der Waals surface area contributed by atoms with E-state index in [4.69, 9.17) is 0 Å². The molecule has 3 rings (SSSR count). The lowest BCUT2D eigenvalue weighted by atomic mass is 9.96. The molecule has 0 spiro atoms. The van der Waals surface area contributed by atoms with Gasteiger partial charge < -0.3 is 10.2 Å². The Bertz CT molecular complexity index is 556. The highest BCUT2D eigenvalue weighted by Gasteiger charge is 2.42. The van der Waals surface area contributed by atoms with Gasteiger partial charge in [-0.1, -0.05) is 6.07 Å². The maximum absolute atomic E-state index is 12.8. The molecule has 0 saturated carbocycles. The molecule has 2 aliphatic heterocycles. The maximum atomic E-state index is 12.8. The van der Waals surface area contributed by atoms with Crippen LogP contribution >= 0.6 is 0 Å². The zero-order chi connectivity index (χ0) is 15.0. The molecule has 2 heterocycles. The molecule has 0 bridgehead atoms. The molecule has 3 nitrogen and oxygen atoms in total. The van der Waals surface area contributed by atoms with Crippen molar-refractivity contribution >= 4 is 11.6 Å². The monoisotopic (exact) mass is 298 g/mol. The predicted molar refractivity (Wildman–Crippen MR) is 73.3 cm³/mol. The molecule has 1 aromatic carbocycles. The quantitative estimate of drug-likeness (QED) is 0.864. The smallest absolute Gasteiger partial charge is 0.384 e. The average molecular weight is 298 g/mol. The lowest BCUT2D eigenvalue weighted by Crippen LogP contribution is -2.44. The summed E-state index contributed by atoms with van der Waals surface area (Å²) in [4.78, 5) is 13.7. The van der Waals surface area contributed by atoms with E-state index in [1.54, 1.807) is 12.1 Å². The molecule has 1 unspecified atom stereocenters. The highest BCUT2D eigenvalue weighted by molar-refractivity contribution is 5.95. The maximum Gasteiger partial charge on any atom is 0.393 e. The summed E-state index contributed by atoms with van der Waals surface area (Å²) in [5.74, 6) is -1.71. The molecule has 1 saturated heterocycles. The van der Waals surface area contributed by atoms with Crippen molar-refractivity contribution in [1.29, 1.82) is 0 Å². The molecule has 21 heavy (non-hydrogen) atoms. The second kappa shape index (κ2) is 5.24. The van der Waals surface area contributed by atoms with Crippen LogP contribution in [0.5, 0.6) is 0 Å². The van der Waals surface area contributed by atoms with E-state index < -0.39 is 12.1 Å². The van der Waals surface area contributed by atoms with Crippen LogP contribution in [-0.4, -0.2) is 36.6 Å². The third kappa shape index (κ3) is 2.84. The number of benzene rings is 1. The number of rotatable bonds is 1. The summed E-state index contributed by atoms with van der Waals surface area (Å²) in [6, 6.07) is 5.35. The van der Waals surface area contributed by atoms with Gasteiger partial charge in [-0.3, -0.25) is 4.79 Å². The van der Waals surface area contributed by atoms with Crippen LogP contribution in [0.4, 0.5) is 18.9 Å². The molecular formula is C15H17F3N2O. The van der Waals surface area contributed by atoms with Gasteiger partial charge in [-0.2, -0.15) is 13.2 Å². The summed E-state index contributed by atoms with van der Waals surface area (Å²) in [6.45, 7) is 1.01. The molecule has 1 fully saturated rings. The van der Waals surface area contributed by atoms with Gasteiger partial charge in [0.2, 0.25) is 0 Å². The number of nitrogens with one attached hydrogen (secondary N) is 1. The van der Waals surface area contributed by atoms with E-state index in [0.717, 1.165) is 24.2 Å². The lowest BCUT2D eigenvalue weighted by Gasteiger charge is -2.33. The SMILES string of the molecule is O=C(c1ccc2c(c1)NCC2)N1CCCC(C(F)(F)F)C1. The van der Waals surface area contributed by atoms with E-state index in [1.807, 2.05) is 6.07 Å². The minimum absolute atomic E-state index is 0.110. The first-order valence-electron chi connectivity index (χ1n) is 7.18. The fraction of sp³-hybridized carbons (Fsp3) is 0.533. The van der Waals surface area contributed by atoms with E-state index in [2.05, 4.69) is 5.32 Å². The van der Waals surface area contributed by atoms with Crippen LogP contribution in [0.3, 0.4) is 0 Å². The molecule has 6 heteroatoms. The van der Waals surface area contributed by atoms with Crippen LogP contribution in [0.1, 0.15) is 28.8 Å². The fourth-order valence-electron chi connectivity index (χ4n) is 3.04. The van der Waals surface area contributed by atoms with Crippen molar-refractivity contribution in [2.24, 2.45) is 5.92 Å². The van der Waals surface area contributed by atoms with Crippen molar-refractivity contribution in [3.63, 3.8) is 0 Å². The summed E-state index contributed by atoms with van der Waals surface area (Å²) in [5, 5.41) is 3.18. The van der Waals surface area contributed by atoms with Crippen molar-refractivity contribution in [3.05, 3.63) is 29.3 Å². The minimum Gasteiger partial charge on any atom is -0.384 e. The fourth-order valence-corrected chi connectivity index (χ4v) is 3.04. The second-order valence-corrected chi connectivity index (χ2v) is 5.68. The largest absolute Gasteiger partial charge is 0.393 e. The number of piperidine rings is 1. The summed E-state index contributed by atoms with van der Waals surface area (Å²) in [5.41, 5.74) is 2.54. The van der Waals surface area contributed by atoms with Crippen LogP contribution in [0.25, 0.3) is 0 Å². The molecule has 1 amide bonds. The summed E-state index contributed by atoms with van der Waals surface area (Å²) in [6.07, 6.45) is -2.79. The molecule has 0 aromatic heterocycles. The number of hydrogen-bond acceptors (Lipinski definition) is 2. The van der Waals surface area contributed by atoms with Crippen LogP contribution in [0, 0.1) is 5.92 Å². The van der Waals surface area contributed by atoms with Gasteiger partial charge >= 0.3 is 6.18 Å². The number of fused-ring (bicyclic) bond motifs is 1. The number of likely N-dealkylation sites (tertiary alicyclic amines) is 1. The number of alkyl halides is 3. The Labute approximate surface area is 121 Å². The Morgan fingerprint density at radius 1 is 1.33 bits per heavy atom. The number of amides is 1. The third-order valence-electron chi connectivity index (χ3n) is 4.24. The molecule has 0 radical (unpaired) electrons. The Morgan fingerprint density at radius 3 is 2.90 bits per heavy atom. The molecule has 0 aliphatic carbocycles. The molecule has 2 aliphatic rings. The predicted octanol–water partition coefficient (Wildman–Crippen LogP) is 3.07. The first kappa shape index (κ1) is 14.2. The third-order valence-corrected chi connectivity index (χ3v) is 4.24. The van der Waals surface area contributed by atoms with Gasteiger partial charge in [0.15, 0.2) is 0 Å². The van der Waals surface area contributed by atoms with Gasteiger partial charge in [0.05, 0.1) is 5.92 Å². The van der Waals surface area contributed by atoms with Gasteiger partial charge in [0.25, 0.3) is 5.91 Å². The van der Waals surface area contributed by atoms with E-state index in [9.17, 15) is 18.0 Å². The summed E-state index contributed by atoms with van der Waals surface area (Å²) in [7, 11) is 0. The van der Waals surface area contributed by atoms with Crippen molar-refractivity contribution in [2.45, 2.75) is 25.4 Å². The van der Waals surface area contributed by atoms with Crippen LogP contribution in [-0.2, 0) is 6.42 Å². The first-order valence-corrected chi connectivity index (χ1v) is 7.18. The number of carbonyl (C=O) groups is 1. The van der Waals surface area contributed by atoms with E-state index >= 15 is 0 Å². The molecule has 1 N–H and O–H groups in total. The van der Waals surface area contributed by atoms with Gasteiger partial charge in [-0.25, -0.2) is 0 Å². The zero-order valence-electron chi connectivity index (χ0n) is 11.5. The van der Waals surface area contributed by atoms with Crippen LogP contribution in [0.15, 0.2) is 18.2 Å². The van der Waals surface area contributed by atoms with Crippen LogP contribution < -0.4 is 5.32 Å². The van der Waals surface area contributed by atoms with Gasteiger partial charge in [0.1, 0.15) is 0 Å². The standard InChI is InChI=1S/C15H17F3N2O/c16-15(17,18)12-2-1-7-20(9-12)14(21)11-4-3-10-5-6-19-13(10)8-11/h3-4,8,12,19H,1-2,5-7,9H2. The van der Waals surface area contributed by atoms with Gasteiger partial charge in [0, 0.05) is 30.9 Å². The summed E-state index contributed by atoms with van der Waals surface area (Å²) >= 11 is 0. The Morgan fingerprint density at radius 2 is 2.14 bits per heavy atom. The normalized spacial score (nSPS) is 21.9. The van der Waals surface area contributed by atoms with Gasteiger partial charge in [-0.15, -0.1) is 0 Å². The number of anilines is 1. The molecule has 1 aromatic rings. The van der Waals surface area contributed by atoms with Crippen molar-refractivity contribution in [2.75, 3.05) is 25.0 Å². The Kier molecular flexibility index (Phi) is 3.55. The van der Waals surface area contributed by atoms with Crippen LogP contribution in [0.2, 0.25) is 0 Å². The lowest BCUT2D eigenvalue weighted by molar-refractivity contribution is -0.184. The van der Waals surface area contributed by atoms with E-state index in [1.165, 1.54) is 4.90 Å². The van der Waals surface area contributed by atoms with Crippen molar-refractivity contribution < 1.29 is 18.0 Å². The summed E-state index contributed by atoms with van der Waals surface area (Å²) < 4.78 is 38.4. The molecule has 1 atom stereocenters. The van der Waals surface area contributed by atoms with Crippen molar-refractivity contribution in [1.82, 2.24) is 4.90 Å². The van der Waals surface area contributed by atoms with Crippen molar-refractivity contribution in [3.8, 4) is 0 Å². The topological polar surface area (TPSA) is 32.3 Å². The number of halogens is 3. The van der Waals surface area contributed by atoms with Gasteiger partial charge in [-0.05, 0) is 37.0 Å². The Balaban J connectivity index is 1.75. The second-order valence-electron chi connectivity index (χ2n) is 5.68. The highest BCUT2D eigenvalue weighted by Crippen LogP contribution is 2.34. The zero-order valence-corrected chi connectivity index (χ0v) is 11.5. The number of carbonyl (C=O) groups excluding carboxylic acids is 1. The molecule has 114 valence electrons. The van der Waals surface area contributed by atoms with E-state index in [-0.39, 0.29) is 18.9 Å². The number of nitrogens with zero attached hydrogens (tertiary/aromatic N) is 1.